The summed E-state index contributed by atoms with van der Waals surface area (Å²) in [6.45, 7) is 6.68. The largest absolute Gasteiger partial charge is 0.483 e. The molecule has 0 atom stereocenters. The summed E-state index contributed by atoms with van der Waals surface area (Å²) in [6, 6.07) is 5.54. The van der Waals surface area contributed by atoms with Gasteiger partial charge in [-0.1, -0.05) is 32.0 Å². The van der Waals surface area contributed by atoms with Crippen molar-refractivity contribution in [1.29, 1.82) is 0 Å². The van der Waals surface area contributed by atoms with E-state index in [1.807, 2.05) is 19.1 Å². The zero-order valence-electron chi connectivity index (χ0n) is 11.9. The normalized spacial score (nSPS) is 10.6. The minimum atomic E-state index is -0.132. The molecule has 2 N–H and O–H groups in total. The van der Waals surface area contributed by atoms with Crippen molar-refractivity contribution in [3.63, 3.8) is 0 Å². The Morgan fingerprint density at radius 2 is 2.16 bits per heavy atom. The number of rotatable bonds is 7. The van der Waals surface area contributed by atoms with Crippen molar-refractivity contribution in [1.82, 2.24) is 5.32 Å². The fourth-order valence-electron chi connectivity index (χ4n) is 1.73. The Balaban J connectivity index is 2.46. The molecule has 0 unspecified atom stereocenters. The fraction of sp³-hybridized carbons (Fsp3) is 0.533. The maximum Gasteiger partial charge on any atom is 0.257 e. The van der Waals surface area contributed by atoms with Crippen LogP contribution in [-0.2, 0) is 11.4 Å². The topological polar surface area (TPSA) is 58.6 Å². The summed E-state index contributed by atoms with van der Waals surface area (Å²) in [6.07, 6.45) is 0.956. The number of carbonyl (C=O) groups is 1. The number of hydrogen-bond acceptors (Lipinski definition) is 3. The highest BCUT2D eigenvalue weighted by molar-refractivity contribution is 5.77. The minimum absolute atomic E-state index is 0.0179. The third-order valence-corrected chi connectivity index (χ3v) is 2.86. The van der Waals surface area contributed by atoms with Gasteiger partial charge >= 0.3 is 0 Å². The summed E-state index contributed by atoms with van der Waals surface area (Å²) in [5, 5.41) is 12.0. The first-order valence-corrected chi connectivity index (χ1v) is 6.63. The Kier molecular flexibility index (Phi) is 6.36. The van der Waals surface area contributed by atoms with Gasteiger partial charge < -0.3 is 15.2 Å². The molecule has 0 fully saturated rings. The summed E-state index contributed by atoms with van der Waals surface area (Å²) in [5.74, 6) is 1.04. The molecule has 0 aliphatic carbocycles. The maximum atomic E-state index is 11.6. The van der Waals surface area contributed by atoms with E-state index in [-0.39, 0.29) is 19.1 Å². The van der Waals surface area contributed by atoms with E-state index < -0.39 is 0 Å². The number of nitrogens with one attached hydrogen (secondary N) is 1. The molecule has 0 aromatic heterocycles. The van der Waals surface area contributed by atoms with Crippen LogP contribution < -0.4 is 10.1 Å². The van der Waals surface area contributed by atoms with Gasteiger partial charge in [-0.05, 0) is 24.8 Å². The van der Waals surface area contributed by atoms with Crippen LogP contribution in [0.2, 0.25) is 0 Å². The lowest BCUT2D eigenvalue weighted by Gasteiger charge is -2.13. The zero-order chi connectivity index (χ0) is 14.3. The van der Waals surface area contributed by atoms with E-state index in [4.69, 9.17) is 4.74 Å². The Morgan fingerprint density at radius 3 is 2.79 bits per heavy atom. The highest BCUT2D eigenvalue weighted by Gasteiger charge is 2.08. The predicted octanol–water partition coefficient (Wildman–Crippen LogP) is 2.03. The van der Waals surface area contributed by atoms with E-state index in [1.165, 1.54) is 0 Å². The summed E-state index contributed by atoms with van der Waals surface area (Å²) < 4.78 is 5.51. The molecule has 1 rings (SSSR count). The standard InChI is InChI=1S/C15H23NO3/c1-11(2)7-8-16-14(18)10-19-15-12(3)5-4-6-13(15)9-17/h4-6,11,17H,7-10H2,1-3H3,(H,16,18). The van der Waals surface area contributed by atoms with Crippen molar-refractivity contribution in [2.24, 2.45) is 5.92 Å². The predicted molar refractivity (Wildman–Crippen MR) is 75.1 cm³/mol. The number of para-hydroxylation sites is 1. The Bertz CT molecular complexity index is 416. The molecule has 0 saturated carbocycles. The lowest BCUT2D eigenvalue weighted by atomic mass is 10.1. The van der Waals surface area contributed by atoms with Gasteiger partial charge in [0.1, 0.15) is 5.75 Å². The van der Waals surface area contributed by atoms with Gasteiger partial charge in [0.05, 0.1) is 6.61 Å². The summed E-state index contributed by atoms with van der Waals surface area (Å²) in [4.78, 5) is 11.6. The lowest BCUT2D eigenvalue weighted by Crippen LogP contribution is -2.30. The summed E-state index contributed by atoms with van der Waals surface area (Å²) in [5.41, 5.74) is 1.62. The van der Waals surface area contributed by atoms with Gasteiger partial charge in [-0.15, -0.1) is 0 Å². The molecule has 1 aromatic rings. The van der Waals surface area contributed by atoms with Crippen LogP contribution in [0.1, 0.15) is 31.4 Å². The van der Waals surface area contributed by atoms with E-state index in [0.29, 0.717) is 23.8 Å². The second-order valence-electron chi connectivity index (χ2n) is 5.04. The first-order chi connectivity index (χ1) is 9.04. The van der Waals surface area contributed by atoms with Crippen LogP contribution in [0, 0.1) is 12.8 Å². The molecule has 1 amide bonds. The van der Waals surface area contributed by atoms with E-state index in [9.17, 15) is 9.90 Å². The van der Waals surface area contributed by atoms with Crippen LogP contribution in [0.4, 0.5) is 0 Å². The number of hydrogen-bond donors (Lipinski definition) is 2. The molecule has 1 aromatic carbocycles. The highest BCUT2D eigenvalue weighted by atomic mass is 16.5. The second kappa shape index (κ2) is 7.79. The summed E-state index contributed by atoms with van der Waals surface area (Å²) >= 11 is 0. The number of aliphatic hydroxyl groups excluding tert-OH is 1. The number of aryl methyl sites for hydroxylation is 1. The highest BCUT2D eigenvalue weighted by Crippen LogP contribution is 2.23. The summed E-state index contributed by atoms with van der Waals surface area (Å²) in [7, 11) is 0. The Morgan fingerprint density at radius 1 is 1.42 bits per heavy atom. The molecule has 0 heterocycles. The van der Waals surface area contributed by atoms with Gasteiger partial charge in [-0.25, -0.2) is 0 Å². The van der Waals surface area contributed by atoms with Crippen molar-refractivity contribution in [3.8, 4) is 5.75 Å². The number of carbonyl (C=O) groups excluding carboxylic acids is 1. The van der Waals surface area contributed by atoms with Crippen molar-refractivity contribution in [2.75, 3.05) is 13.2 Å². The van der Waals surface area contributed by atoms with Crippen molar-refractivity contribution < 1.29 is 14.6 Å². The molecule has 19 heavy (non-hydrogen) atoms. The van der Waals surface area contributed by atoms with E-state index >= 15 is 0 Å². The van der Waals surface area contributed by atoms with Crippen LogP contribution >= 0.6 is 0 Å². The second-order valence-corrected chi connectivity index (χ2v) is 5.04. The number of amides is 1. The van der Waals surface area contributed by atoms with Crippen molar-refractivity contribution in [3.05, 3.63) is 29.3 Å². The van der Waals surface area contributed by atoms with Gasteiger partial charge in [0, 0.05) is 12.1 Å². The van der Waals surface area contributed by atoms with Crippen LogP contribution in [-0.4, -0.2) is 24.2 Å². The van der Waals surface area contributed by atoms with E-state index in [2.05, 4.69) is 19.2 Å². The molecule has 0 aliphatic rings. The van der Waals surface area contributed by atoms with Crippen LogP contribution in [0.15, 0.2) is 18.2 Å². The molecular weight excluding hydrogens is 242 g/mol. The smallest absolute Gasteiger partial charge is 0.257 e. The third kappa shape index (κ3) is 5.30. The quantitative estimate of drug-likeness (QED) is 0.793. The van der Waals surface area contributed by atoms with Crippen molar-refractivity contribution in [2.45, 2.75) is 33.8 Å². The lowest BCUT2D eigenvalue weighted by molar-refractivity contribution is -0.123. The Labute approximate surface area is 114 Å². The molecule has 0 saturated heterocycles. The average Bonchev–Trinajstić information content (AvgIpc) is 2.36. The van der Waals surface area contributed by atoms with Crippen molar-refractivity contribution >= 4 is 5.91 Å². The van der Waals surface area contributed by atoms with Gasteiger partial charge in [0.25, 0.3) is 5.91 Å². The Hall–Kier alpha value is -1.55. The number of aliphatic hydroxyl groups is 1. The zero-order valence-corrected chi connectivity index (χ0v) is 11.9. The molecule has 106 valence electrons. The van der Waals surface area contributed by atoms with Gasteiger partial charge in [-0.3, -0.25) is 4.79 Å². The number of ether oxygens (including phenoxy) is 1. The van der Waals surface area contributed by atoms with Crippen LogP contribution in [0.5, 0.6) is 5.75 Å². The third-order valence-electron chi connectivity index (χ3n) is 2.86. The molecule has 0 spiro atoms. The van der Waals surface area contributed by atoms with Crippen LogP contribution in [0.3, 0.4) is 0 Å². The van der Waals surface area contributed by atoms with Crippen LogP contribution in [0.25, 0.3) is 0 Å². The fourth-order valence-corrected chi connectivity index (χ4v) is 1.73. The maximum absolute atomic E-state index is 11.6. The monoisotopic (exact) mass is 265 g/mol. The number of benzene rings is 1. The van der Waals surface area contributed by atoms with E-state index in [0.717, 1.165) is 12.0 Å². The molecule has 0 aliphatic heterocycles. The molecular formula is C15H23NO3. The minimum Gasteiger partial charge on any atom is -0.483 e. The molecule has 4 nitrogen and oxygen atoms in total. The average molecular weight is 265 g/mol. The van der Waals surface area contributed by atoms with Gasteiger partial charge in [-0.2, -0.15) is 0 Å². The first-order valence-electron chi connectivity index (χ1n) is 6.63. The van der Waals surface area contributed by atoms with Gasteiger partial charge in [0.15, 0.2) is 6.61 Å². The molecule has 4 heteroatoms. The molecule has 0 bridgehead atoms. The first kappa shape index (κ1) is 15.5. The van der Waals surface area contributed by atoms with E-state index in [1.54, 1.807) is 6.07 Å². The van der Waals surface area contributed by atoms with Gasteiger partial charge in [0.2, 0.25) is 0 Å². The SMILES string of the molecule is Cc1cccc(CO)c1OCC(=O)NCCC(C)C. The molecule has 0 radical (unpaired) electrons.